The molecule has 0 saturated carbocycles. The highest BCUT2D eigenvalue weighted by molar-refractivity contribution is 5.29. The third kappa shape index (κ3) is 5.49. The van der Waals surface area contributed by atoms with Crippen LogP contribution in [-0.2, 0) is 0 Å². The van der Waals surface area contributed by atoms with Crippen LogP contribution in [0.15, 0.2) is 24.3 Å². The van der Waals surface area contributed by atoms with Gasteiger partial charge in [0.1, 0.15) is 5.75 Å². The lowest BCUT2D eigenvalue weighted by Gasteiger charge is -2.24. The van der Waals surface area contributed by atoms with Crippen molar-refractivity contribution in [2.75, 3.05) is 13.2 Å². The Morgan fingerprint density at radius 2 is 1.80 bits per heavy atom. The van der Waals surface area contributed by atoms with Crippen molar-refractivity contribution in [3.63, 3.8) is 0 Å². The van der Waals surface area contributed by atoms with Crippen LogP contribution in [0.2, 0.25) is 0 Å². The van der Waals surface area contributed by atoms with Gasteiger partial charge in [-0.1, -0.05) is 26.0 Å². The average Bonchev–Trinajstić information content (AvgIpc) is 2.45. The van der Waals surface area contributed by atoms with E-state index < -0.39 is 12.2 Å². The van der Waals surface area contributed by atoms with E-state index in [1.165, 1.54) is 0 Å². The summed E-state index contributed by atoms with van der Waals surface area (Å²) < 4.78 is 5.53. The Bertz CT molecular complexity index is 364. The SMILES string of the molecule is CCCOc1ccc(C(O)C(CC)NCC(C)O)cc1. The van der Waals surface area contributed by atoms with Gasteiger partial charge in [0.15, 0.2) is 0 Å². The molecule has 0 radical (unpaired) electrons. The molecule has 0 fully saturated rings. The van der Waals surface area contributed by atoms with Gasteiger partial charge < -0.3 is 20.3 Å². The van der Waals surface area contributed by atoms with Crippen molar-refractivity contribution < 1.29 is 14.9 Å². The molecule has 0 aromatic heterocycles. The molecule has 3 atom stereocenters. The number of benzene rings is 1. The zero-order chi connectivity index (χ0) is 15.0. The van der Waals surface area contributed by atoms with Crippen molar-refractivity contribution in [2.45, 2.75) is 51.9 Å². The van der Waals surface area contributed by atoms with E-state index in [9.17, 15) is 10.2 Å². The second-order valence-corrected chi connectivity index (χ2v) is 5.13. The van der Waals surface area contributed by atoms with Crippen molar-refractivity contribution in [1.29, 1.82) is 0 Å². The molecule has 0 aliphatic rings. The molecule has 0 saturated heterocycles. The topological polar surface area (TPSA) is 61.7 Å². The molecule has 0 bridgehead atoms. The summed E-state index contributed by atoms with van der Waals surface area (Å²) in [6.45, 7) is 6.99. The summed E-state index contributed by atoms with van der Waals surface area (Å²) in [6.07, 6.45) is 0.771. The first-order chi connectivity index (χ1) is 9.58. The first-order valence-corrected chi connectivity index (χ1v) is 7.40. The molecule has 0 heterocycles. The molecule has 0 aliphatic heterocycles. The summed E-state index contributed by atoms with van der Waals surface area (Å²) in [5, 5.41) is 22.9. The molecular formula is C16H27NO3. The van der Waals surface area contributed by atoms with Gasteiger partial charge in [0.2, 0.25) is 0 Å². The number of aliphatic hydroxyl groups is 2. The maximum atomic E-state index is 10.4. The van der Waals surface area contributed by atoms with E-state index in [1.807, 2.05) is 31.2 Å². The van der Waals surface area contributed by atoms with E-state index in [0.29, 0.717) is 13.2 Å². The highest BCUT2D eigenvalue weighted by atomic mass is 16.5. The summed E-state index contributed by atoms with van der Waals surface area (Å²) >= 11 is 0. The Balaban J connectivity index is 2.62. The van der Waals surface area contributed by atoms with Gasteiger partial charge in [0, 0.05) is 12.6 Å². The molecule has 4 nitrogen and oxygen atoms in total. The molecule has 0 aliphatic carbocycles. The Labute approximate surface area is 121 Å². The van der Waals surface area contributed by atoms with Gasteiger partial charge in [0.25, 0.3) is 0 Å². The van der Waals surface area contributed by atoms with Gasteiger partial charge in [-0.15, -0.1) is 0 Å². The van der Waals surface area contributed by atoms with Crippen LogP contribution in [0.25, 0.3) is 0 Å². The van der Waals surface area contributed by atoms with Crippen LogP contribution in [0.5, 0.6) is 5.75 Å². The minimum absolute atomic E-state index is 0.0630. The molecule has 3 unspecified atom stereocenters. The van der Waals surface area contributed by atoms with Gasteiger partial charge >= 0.3 is 0 Å². The lowest BCUT2D eigenvalue weighted by atomic mass is 10.00. The molecule has 20 heavy (non-hydrogen) atoms. The lowest BCUT2D eigenvalue weighted by molar-refractivity contribution is 0.112. The molecule has 1 rings (SSSR count). The second-order valence-electron chi connectivity index (χ2n) is 5.13. The fraction of sp³-hybridized carbons (Fsp3) is 0.625. The Kier molecular flexibility index (Phi) is 7.59. The van der Waals surface area contributed by atoms with Crippen LogP contribution < -0.4 is 10.1 Å². The Morgan fingerprint density at radius 3 is 2.30 bits per heavy atom. The van der Waals surface area contributed by atoms with Gasteiger partial charge in [-0.3, -0.25) is 0 Å². The molecule has 114 valence electrons. The van der Waals surface area contributed by atoms with Crippen molar-refractivity contribution in [1.82, 2.24) is 5.32 Å². The first-order valence-electron chi connectivity index (χ1n) is 7.40. The van der Waals surface area contributed by atoms with Crippen LogP contribution in [-0.4, -0.2) is 35.5 Å². The Hall–Kier alpha value is -1.10. The summed E-state index contributed by atoms with van der Waals surface area (Å²) in [4.78, 5) is 0. The second kappa shape index (κ2) is 8.95. The van der Waals surface area contributed by atoms with Crippen LogP contribution in [0, 0.1) is 0 Å². The minimum Gasteiger partial charge on any atom is -0.494 e. The van der Waals surface area contributed by atoms with Crippen molar-refractivity contribution in [2.24, 2.45) is 0 Å². The number of hydrogen-bond acceptors (Lipinski definition) is 4. The number of rotatable bonds is 9. The number of nitrogens with one attached hydrogen (secondary N) is 1. The molecule has 0 spiro atoms. The predicted molar refractivity (Wildman–Crippen MR) is 81.0 cm³/mol. The standard InChI is InChI=1S/C16H27NO3/c1-4-10-20-14-8-6-13(7-9-14)16(19)15(5-2)17-11-12(3)18/h6-9,12,15-19H,4-5,10-11H2,1-3H3. The number of hydrogen-bond donors (Lipinski definition) is 3. The molecular weight excluding hydrogens is 254 g/mol. The Morgan fingerprint density at radius 1 is 1.15 bits per heavy atom. The van der Waals surface area contributed by atoms with Crippen molar-refractivity contribution >= 4 is 0 Å². The lowest BCUT2D eigenvalue weighted by Crippen LogP contribution is -2.38. The number of ether oxygens (including phenoxy) is 1. The molecule has 0 amide bonds. The zero-order valence-electron chi connectivity index (χ0n) is 12.7. The van der Waals surface area contributed by atoms with Crippen LogP contribution in [0.4, 0.5) is 0 Å². The van der Waals surface area contributed by atoms with E-state index in [0.717, 1.165) is 24.2 Å². The average molecular weight is 281 g/mol. The van der Waals surface area contributed by atoms with Crippen molar-refractivity contribution in [3.8, 4) is 5.75 Å². The molecule has 1 aromatic rings. The quantitative estimate of drug-likeness (QED) is 0.650. The highest BCUT2D eigenvalue weighted by Crippen LogP contribution is 2.22. The van der Waals surface area contributed by atoms with Gasteiger partial charge in [-0.05, 0) is 37.5 Å². The van der Waals surface area contributed by atoms with Gasteiger partial charge in [-0.25, -0.2) is 0 Å². The van der Waals surface area contributed by atoms with E-state index >= 15 is 0 Å². The van der Waals surface area contributed by atoms with Crippen LogP contribution >= 0.6 is 0 Å². The maximum Gasteiger partial charge on any atom is 0.119 e. The van der Waals surface area contributed by atoms with Crippen molar-refractivity contribution in [3.05, 3.63) is 29.8 Å². The summed E-state index contributed by atoms with van der Waals surface area (Å²) in [6, 6.07) is 7.49. The molecule has 4 heteroatoms. The summed E-state index contributed by atoms with van der Waals surface area (Å²) in [7, 11) is 0. The van der Waals surface area contributed by atoms with E-state index in [1.54, 1.807) is 6.92 Å². The zero-order valence-corrected chi connectivity index (χ0v) is 12.7. The largest absolute Gasteiger partial charge is 0.494 e. The molecule has 3 N–H and O–H groups in total. The molecule has 1 aromatic carbocycles. The van der Waals surface area contributed by atoms with Gasteiger partial charge in [0.05, 0.1) is 18.8 Å². The van der Waals surface area contributed by atoms with Crippen LogP contribution in [0.1, 0.15) is 45.3 Å². The van der Waals surface area contributed by atoms with E-state index in [4.69, 9.17) is 4.74 Å². The predicted octanol–water partition coefficient (Wildman–Crippen LogP) is 2.26. The van der Waals surface area contributed by atoms with Gasteiger partial charge in [-0.2, -0.15) is 0 Å². The monoisotopic (exact) mass is 281 g/mol. The number of aliphatic hydroxyl groups excluding tert-OH is 2. The third-order valence-corrected chi connectivity index (χ3v) is 3.19. The smallest absolute Gasteiger partial charge is 0.119 e. The first kappa shape index (κ1) is 17.0. The fourth-order valence-corrected chi connectivity index (χ4v) is 2.01. The van der Waals surface area contributed by atoms with E-state index in [-0.39, 0.29) is 6.04 Å². The third-order valence-electron chi connectivity index (χ3n) is 3.19. The minimum atomic E-state index is -0.584. The maximum absolute atomic E-state index is 10.4. The van der Waals surface area contributed by atoms with E-state index in [2.05, 4.69) is 12.2 Å². The normalized spacial score (nSPS) is 15.7. The van der Waals surface area contributed by atoms with Crippen LogP contribution in [0.3, 0.4) is 0 Å². The summed E-state index contributed by atoms with van der Waals surface area (Å²) in [5.74, 6) is 0.827. The highest BCUT2D eigenvalue weighted by Gasteiger charge is 2.19. The summed E-state index contributed by atoms with van der Waals surface area (Å²) in [5.41, 5.74) is 0.860. The fourth-order valence-electron chi connectivity index (χ4n) is 2.01.